The summed E-state index contributed by atoms with van der Waals surface area (Å²) in [5, 5.41) is 13.0. The first-order valence-corrected chi connectivity index (χ1v) is 8.62. The molecule has 4 rings (SSSR count). The van der Waals surface area contributed by atoms with E-state index in [0.29, 0.717) is 30.9 Å². The molecular weight excluding hydrogens is 318 g/mol. The molecule has 2 aliphatic heterocycles. The molecule has 0 aromatic heterocycles. The third kappa shape index (κ3) is 3.07. The van der Waals surface area contributed by atoms with Crippen LogP contribution in [0.4, 0.5) is 5.69 Å². The Kier molecular flexibility index (Phi) is 4.09. The van der Waals surface area contributed by atoms with Crippen molar-refractivity contribution in [3.8, 4) is 11.5 Å². The van der Waals surface area contributed by atoms with Crippen molar-refractivity contribution in [2.45, 2.75) is 38.4 Å². The number of amides is 1. The normalized spacial score (nSPS) is 21.4. The first kappa shape index (κ1) is 16.0. The van der Waals surface area contributed by atoms with Crippen LogP contribution in [-0.4, -0.2) is 23.7 Å². The zero-order valence-electron chi connectivity index (χ0n) is 14.1. The fourth-order valence-electron chi connectivity index (χ4n) is 3.42. The van der Waals surface area contributed by atoms with E-state index in [1.165, 1.54) is 5.56 Å². The lowest BCUT2D eigenvalue weighted by Crippen LogP contribution is -2.36. The predicted octanol–water partition coefficient (Wildman–Crippen LogP) is 3.14. The Balaban J connectivity index is 1.52. The van der Waals surface area contributed by atoms with Gasteiger partial charge < -0.3 is 19.9 Å². The summed E-state index contributed by atoms with van der Waals surface area (Å²) in [6.45, 7) is 2.49. The van der Waals surface area contributed by atoms with Crippen LogP contribution in [0.15, 0.2) is 36.4 Å². The number of para-hydroxylation sites is 1. The minimum atomic E-state index is -0.554. The number of carbonyl (C=O) groups is 1. The molecule has 0 fully saturated rings. The lowest BCUT2D eigenvalue weighted by atomic mass is 9.99. The standard InChI is InChI=1S/C20H21NO4/c1-12-5-7-17-13(11-12)6-8-18(25-17)20(23)21-15-4-2-3-14-16(22)9-10-24-19(14)15/h2-5,7,11,16,18,22H,6,8-10H2,1H3,(H,21,23)/t16-,18+/m1/s1. The van der Waals surface area contributed by atoms with Gasteiger partial charge in [-0.15, -0.1) is 0 Å². The summed E-state index contributed by atoms with van der Waals surface area (Å²) in [7, 11) is 0. The number of fused-ring (bicyclic) bond motifs is 2. The van der Waals surface area contributed by atoms with Gasteiger partial charge in [-0.25, -0.2) is 0 Å². The quantitative estimate of drug-likeness (QED) is 0.882. The molecule has 2 atom stereocenters. The Morgan fingerprint density at radius 2 is 2.12 bits per heavy atom. The average Bonchev–Trinajstić information content (AvgIpc) is 2.62. The van der Waals surface area contributed by atoms with E-state index in [0.717, 1.165) is 23.3 Å². The molecule has 2 aromatic rings. The molecule has 130 valence electrons. The summed E-state index contributed by atoms with van der Waals surface area (Å²) in [5.41, 5.74) is 3.64. The Hall–Kier alpha value is -2.53. The van der Waals surface area contributed by atoms with Crippen LogP contribution in [0.1, 0.15) is 35.6 Å². The second kappa shape index (κ2) is 6.41. The van der Waals surface area contributed by atoms with Gasteiger partial charge in [-0.3, -0.25) is 4.79 Å². The molecule has 0 saturated heterocycles. The van der Waals surface area contributed by atoms with Gasteiger partial charge in [0.05, 0.1) is 18.4 Å². The van der Waals surface area contributed by atoms with Crippen LogP contribution in [0.25, 0.3) is 0 Å². The number of aliphatic hydroxyl groups excluding tert-OH is 1. The highest BCUT2D eigenvalue weighted by molar-refractivity contribution is 5.96. The van der Waals surface area contributed by atoms with Gasteiger partial charge in [-0.2, -0.15) is 0 Å². The number of ether oxygens (including phenoxy) is 2. The Bertz CT molecular complexity index is 817. The predicted molar refractivity (Wildman–Crippen MR) is 94.1 cm³/mol. The minimum Gasteiger partial charge on any atom is -0.491 e. The van der Waals surface area contributed by atoms with Crippen molar-refractivity contribution in [2.75, 3.05) is 11.9 Å². The smallest absolute Gasteiger partial charge is 0.265 e. The average molecular weight is 339 g/mol. The molecule has 0 spiro atoms. The van der Waals surface area contributed by atoms with E-state index in [1.54, 1.807) is 6.07 Å². The molecule has 5 heteroatoms. The van der Waals surface area contributed by atoms with E-state index >= 15 is 0 Å². The van der Waals surface area contributed by atoms with E-state index in [4.69, 9.17) is 9.47 Å². The number of anilines is 1. The summed E-state index contributed by atoms with van der Waals surface area (Å²) >= 11 is 0. The van der Waals surface area contributed by atoms with Crippen molar-refractivity contribution >= 4 is 11.6 Å². The molecule has 0 bridgehead atoms. The van der Waals surface area contributed by atoms with Crippen molar-refractivity contribution < 1.29 is 19.4 Å². The summed E-state index contributed by atoms with van der Waals surface area (Å²) in [6.07, 6.45) is 0.936. The highest BCUT2D eigenvalue weighted by Crippen LogP contribution is 2.38. The molecule has 2 N–H and O–H groups in total. The third-order valence-electron chi connectivity index (χ3n) is 4.75. The SMILES string of the molecule is Cc1ccc2c(c1)CC[C@@H](C(=O)Nc1cccc3c1OCC[C@H]3O)O2. The molecule has 0 unspecified atom stereocenters. The van der Waals surface area contributed by atoms with Gasteiger partial charge in [0, 0.05) is 12.0 Å². The van der Waals surface area contributed by atoms with E-state index in [-0.39, 0.29) is 5.91 Å². The number of rotatable bonds is 2. The molecule has 2 aliphatic rings. The number of hydrogen-bond acceptors (Lipinski definition) is 4. The molecule has 1 amide bonds. The Labute approximate surface area is 146 Å². The largest absolute Gasteiger partial charge is 0.491 e. The maximum atomic E-state index is 12.7. The molecule has 5 nitrogen and oxygen atoms in total. The van der Waals surface area contributed by atoms with Gasteiger partial charge in [-0.05, 0) is 37.5 Å². The van der Waals surface area contributed by atoms with Gasteiger partial charge in [0.1, 0.15) is 11.5 Å². The van der Waals surface area contributed by atoms with Crippen molar-refractivity contribution in [3.63, 3.8) is 0 Å². The van der Waals surface area contributed by atoms with E-state index in [1.807, 2.05) is 31.2 Å². The Morgan fingerprint density at radius 3 is 3.00 bits per heavy atom. The molecule has 2 heterocycles. The number of nitrogens with one attached hydrogen (secondary N) is 1. The Morgan fingerprint density at radius 1 is 1.24 bits per heavy atom. The number of benzene rings is 2. The molecule has 25 heavy (non-hydrogen) atoms. The second-order valence-electron chi connectivity index (χ2n) is 6.62. The van der Waals surface area contributed by atoms with Crippen LogP contribution < -0.4 is 14.8 Å². The molecule has 0 radical (unpaired) electrons. The third-order valence-corrected chi connectivity index (χ3v) is 4.75. The summed E-state index contributed by atoms with van der Waals surface area (Å²) in [4.78, 5) is 12.7. The molecule has 2 aromatic carbocycles. The van der Waals surface area contributed by atoms with Crippen molar-refractivity contribution in [3.05, 3.63) is 53.1 Å². The number of aliphatic hydroxyl groups is 1. The highest BCUT2D eigenvalue weighted by Gasteiger charge is 2.28. The van der Waals surface area contributed by atoms with Crippen LogP contribution >= 0.6 is 0 Å². The number of aryl methyl sites for hydroxylation is 2. The van der Waals surface area contributed by atoms with Crippen LogP contribution in [-0.2, 0) is 11.2 Å². The van der Waals surface area contributed by atoms with Gasteiger partial charge in [0.2, 0.25) is 0 Å². The lowest BCUT2D eigenvalue weighted by Gasteiger charge is -2.27. The topological polar surface area (TPSA) is 67.8 Å². The zero-order valence-corrected chi connectivity index (χ0v) is 14.1. The first-order valence-electron chi connectivity index (χ1n) is 8.62. The fraction of sp³-hybridized carbons (Fsp3) is 0.350. The van der Waals surface area contributed by atoms with Crippen LogP contribution in [0.2, 0.25) is 0 Å². The fourth-order valence-corrected chi connectivity index (χ4v) is 3.42. The maximum Gasteiger partial charge on any atom is 0.265 e. The van der Waals surface area contributed by atoms with Gasteiger partial charge in [0.25, 0.3) is 5.91 Å². The van der Waals surface area contributed by atoms with Crippen LogP contribution in [0.3, 0.4) is 0 Å². The van der Waals surface area contributed by atoms with Crippen molar-refractivity contribution in [1.82, 2.24) is 0 Å². The summed E-state index contributed by atoms with van der Waals surface area (Å²) < 4.78 is 11.6. The van der Waals surface area contributed by atoms with Gasteiger partial charge in [-0.1, -0.05) is 29.8 Å². The molecular formula is C20H21NO4. The monoisotopic (exact) mass is 339 g/mol. The lowest BCUT2D eigenvalue weighted by molar-refractivity contribution is -0.123. The van der Waals surface area contributed by atoms with E-state index in [9.17, 15) is 9.90 Å². The van der Waals surface area contributed by atoms with Crippen molar-refractivity contribution in [2.24, 2.45) is 0 Å². The molecule has 0 saturated carbocycles. The van der Waals surface area contributed by atoms with Gasteiger partial charge >= 0.3 is 0 Å². The van der Waals surface area contributed by atoms with E-state index < -0.39 is 12.2 Å². The van der Waals surface area contributed by atoms with Gasteiger partial charge in [0.15, 0.2) is 6.10 Å². The maximum absolute atomic E-state index is 12.7. The van der Waals surface area contributed by atoms with Crippen LogP contribution in [0, 0.1) is 6.92 Å². The highest BCUT2D eigenvalue weighted by atomic mass is 16.5. The zero-order chi connectivity index (χ0) is 17.4. The van der Waals surface area contributed by atoms with Crippen LogP contribution in [0.5, 0.6) is 11.5 Å². The van der Waals surface area contributed by atoms with Crippen molar-refractivity contribution in [1.29, 1.82) is 0 Å². The van der Waals surface area contributed by atoms with E-state index in [2.05, 4.69) is 11.4 Å². The summed E-state index contributed by atoms with van der Waals surface area (Å²) in [5.74, 6) is 1.14. The number of carbonyl (C=O) groups excluding carboxylic acids is 1. The second-order valence-corrected chi connectivity index (χ2v) is 6.62. The summed E-state index contributed by atoms with van der Waals surface area (Å²) in [6, 6.07) is 11.4. The number of hydrogen-bond donors (Lipinski definition) is 2. The molecule has 0 aliphatic carbocycles. The first-order chi connectivity index (χ1) is 12.1. The minimum absolute atomic E-state index is 0.191.